The third kappa shape index (κ3) is 2.58. The molecule has 0 aliphatic rings. The average Bonchev–Trinajstić information content (AvgIpc) is 2.67. The largest absolute Gasteiger partial charge is 0.494 e. The van der Waals surface area contributed by atoms with Gasteiger partial charge in [0.25, 0.3) is 0 Å². The number of hydrogen-bond donors (Lipinski definition) is 0. The average molecular weight is 284 g/mol. The van der Waals surface area contributed by atoms with Gasteiger partial charge in [0.1, 0.15) is 5.75 Å². The number of thiazole rings is 1. The molecule has 0 unspecified atom stereocenters. The molecule has 2 rings (SSSR count). The normalized spacial score (nSPS) is 10.3. The van der Waals surface area contributed by atoms with Crippen LogP contribution in [0.1, 0.15) is 6.92 Å². The smallest absolute Gasteiger partial charge is 0.159 e. The molecular weight excluding hydrogens is 274 g/mol. The van der Waals surface area contributed by atoms with Gasteiger partial charge < -0.3 is 4.74 Å². The fraction of sp³-hybridized carbons (Fsp3) is 0.182. The summed E-state index contributed by atoms with van der Waals surface area (Å²) < 4.78 is 6.28. The molecule has 0 fully saturated rings. The first-order valence-electron chi connectivity index (χ1n) is 4.64. The number of ether oxygens (including phenoxy) is 1. The van der Waals surface area contributed by atoms with Gasteiger partial charge in [0, 0.05) is 10.9 Å². The van der Waals surface area contributed by atoms with Gasteiger partial charge in [-0.2, -0.15) is 0 Å². The molecule has 0 atom stereocenters. The Hall–Kier alpha value is -0.870. The standard InChI is InChI=1S/C11H10BrNOS/c1-2-14-9-5-3-8(4-6-9)10-7-15-11(12)13-10/h3-7H,2H2,1H3. The zero-order valence-corrected chi connectivity index (χ0v) is 10.6. The summed E-state index contributed by atoms with van der Waals surface area (Å²) >= 11 is 4.94. The fourth-order valence-electron chi connectivity index (χ4n) is 1.27. The van der Waals surface area contributed by atoms with E-state index in [9.17, 15) is 0 Å². The van der Waals surface area contributed by atoms with E-state index in [1.165, 1.54) is 0 Å². The van der Waals surface area contributed by atoms with Gasteiger partial charge >= 0.3 is 0 Å². The van der Waals surface area contributed by atoms with Crippen LogP contribution in [0.25, 0.3) is 11.3 Å². The molecule has 0 saturated heterocycles. The van der Waals surface area contributed by atoms with Gasteiger partial charge in [-0.05, 0) is 47.1 Å². The van der Waals surface area contributed by atoms with Crippen LogP contribution in [0.5, 0.6) is 5.75 Å². The van der Waals surface area contributed by atoms with Crippen LogP contribution in [0.2, 0.25) is 0 Å². The lowest BCUT2D eigenvalue weighted by atomic mass is 10.2. The zero-order chi connectivity index (χ0) is 10.7. The minimum Gasteiger partial charge on any atom is -0.494 e. The van der Waals surface area contributed by atoms with Crippen molar-refractivity contribution < 1.29 is 4.74 Å². The maximum absolute atomic E-state index is 5.37. The summed E-state index contributed by atoms with van der Waals surface area (Å²) in [6.07, 6.45) is 0. The van der Waals surface area contributed by atoms with Crippen LogP contribution in [-0.2, 0) is 0 Å². The molecule has 0 saturated carbocycles. The summed E-state index contributed by atoms with van der Waals surface area (Å²) in [4.78, 5) is 4.35. The minimum atomic E-state index is 0.696. The van der Waals surface area contributed by atoms with Gasteiger partial charge in [-0.25, -0.2) is 4.98 Å². The minimum absolute atomic E-state index is 0.696. The summed E-state index contributed by atoms with van der Waals surface area (Å²) in [5.74, 6) is 0.899. The number of hydrogen-bond acceptors (Lipinski definition) is 3. The molecule has 1 heterocycles. The number of rotatable bonds is 3. The Labute approximate surface area is 101 Å². The second-order valence-electron chi connectivity index (χ2n) is 2.94. The summed E-state index contributed by atoms with van der Waals surface area (Å²) in [6.45, 7) is 2.67. The highest BCUT2D eigenvalue weighted by atomic mass is 79.9. The predicted molar refractivity (Wildman–Crippen MR) is 66.4 cm³/mol. The van der Waals surface area contributed by atoms with Crippen molar-refractivity contribution in [3.05, 3.63) is 33.6 Å². The molecular formula is C11H10BrNOS. The van der Waals surface area contributed by atoms with E-state index < -0.39 is 0 Å². The van der Waals surface area contributed by atoms with Gasteiger partial charge in [-0.3, -0.25) is 0 Å². The van der Waals surface area contributed by atoms with Crippen molar-refractivity contribution in [2.45, 2.75) is 6.92 Å². The molecule has 78 valence electrons. The Morgan fingerprint density at radius 1 is 1.33 bits per heavy atom. The molecule has 1 aromatic heterocycles. The summed E-state index contributed by atoms with van der Waals surface area (Å²) in [6, 6.07) is 7.97. The Balaban J connectivity index is 2.23. The van der Waals surface area contributed by atoms with Gasteiger partial charge in [-0.15, -0.1) is 11.3 Å². The van der Waals surface area contributed by atoms with E-state index in [4.69, 9.17) is 4.74 Å². The lowest BCUT2D eigenvalue weighted by Crippen LogP contribution is -1.90. The van der Waals surface area contributed by atoms with Gasteiger partial charge in [0.05, 0.1) is 12.3 Å². The lowest BCUT2D eigenvalue weighted by molar-refractivity contribution is 0.340. The Kier molecular flexibility index (Phi) is 3.38. The molecule has 15 heavy (non-hydrogen) atoms. The van der Waals surface area contributed by atoms with Gasteiger partial charge in [0.15, 0.2) is 3.92 Å². The van der Waals surface area contributed by atoms with Crippen molar-refractivity contribution >= 4 is 27.3 Å². The molecule has 0 N–H and O–H groups in total. The highest BCUT2D eigenvalue weighted by Gasteiger charge is 2.02. The van der Waals surface area contributed by atoms with Gasteiger partial charge in [0.2, 0.25) is 0 Å². The monoisotopic (exact) mass is 283 g/mol. The number of nitrogens with zero attached hydrogens (tertiary/aromatic N) is 1. The third-order valence-corrected chi connectivity index (χ3v) is 3.30. The Morgan fingerprint density at radius 3 is 2.60 bits per heavy atom. The second-order valence-corrected chi connectivity index (χ2v) is 5.08. The third-order valence-electron chi connectivity index (χ3n) is 1.94. The molecule has 2 nitrogen and oxygen atoms in total. The highest BCUT2D eigenvalue weighted by Crippen LogP contribution is 2.26. The van der Waals surface area contributed by atoms with Crippen LogP contribution in [0.3, 0.4) is 0 Å². The van der Waals surface area contributed by atoms with Crippen molar-refractivity contribution in [2.75, 3.05) is 6.61 Å². The predicted octanol–water partition coefficient (Wildman–Crippen LogP) is 3.97. The molecule has 0 radical (unpaired) electrons. The van der Waals surface area contributed by atoms with E-state index in [1.807, 2.05) is 36.6 Å². The molecule has 0 aliphatic carbocycles. The molecule has 1 aromatic carbocycles. The summed E-state index contributed by atoms with van der Waals surface area (Å²) in [5, 5.41) is 2.03. The SMILES string of the molecule is CCOc1ccc(-c2csc(Br)n2)cc1. The van der Waals surface area contributed by atoms with E-state index in [0.717, 1.165) is 20.9 Å². The summed E-state index contributed by atoms with van der Waals surface area (Å²) in [7, 11) is 0. The first kappa shape index (κ1) is 10.6. The topological polar surface area (TPSA) is 22.1 Å². The van der Waals surface area contributed by atoms with Crippen molar-refractivity contribution in [3.8, 4) is 17.0 Å². The highest BCUT2D eigenvalue weighted by molar-refractivity contribution is 9.11. The van der Waals surface area contributed by atoms with E-state index >= 15 is 0 Å². The van der Waals surface area contributed by atoms with Crippen LogP contribution in [0, 0.1) is 0 Å². The van der Waals surface area contributed by atoms with E-state index in [2.05, 4.69) is 20.9 Å². The summed E-state index contributed by atoms with van der Waals surface area (Å²) in [5.41, 5.74) is 2.11. The molecule has 4 heteroatoms. The lowest BCUT2D eigenvalue weighted by Gasteiger charge is -2.02. The molecule has 0 bridgehead atoms. The number of halogens is 1. The molecule has 0 aliphatic heterocycles. The van der Waals surface area contributed by atoms with Crippen molar-refractivity contribution in [2.24, 2.45) is 0 Å². The quantitative estimate of drug-likeness (QED) is 0.850. The fourth-order valence-corrected chi connectivity index (χ4v) is 2.29. The van der Waals surface area contributed by atoms with Crippen LogP contribution < -0.4 is 4.74 Å². The first-order chi connectivity index (χ1) is 7.29. The Bertz CT molecular complexity index is 438. The first-order valence-corrected chi connectivity index (χ1v) is 6.31. The van der Waals surface area contributed by atoms with E-state index in [-0.39, 0.29) is 0 Å². The van der Waals surface area contributed by atoms with E-state index in [0.29, 0.717) is 6.61 Å². The Morgan fingerprint density at radius 2 is 2.07 bits per heavy atom. The second kappa shape index (κ2) is 4.77. The van der Waals surface area contributed by atoms with Crippen LogP contribution in [0.4, 0.5) is 0 Å². The maximum Gasteiger partial charge on any atom is 0.159 e. The maximum atomic E-state index is 5.37. The van der Waals surface area contributed by atoms with Crippen LogP contribution in [-0.4, -0.2) is 11.6 Å². The number of benzene rings is 1. The van der Waals surface area contributed by atoms with Gasteiger partial charge in [-0.1, -0.05) is 0 Å². The zero-order valence-electron chi connectivity index (χ0n) is 8.24. The number of aromatic nitrogens is 1. The van der Waals surface area contributed by atoms with Crippen LogP contribution >= 0.6 is 27.3 Å². The molecule has 0 spiro atoms. The van der Waals surface area contributed by atoms with Crippen molar-refractivity contribution in [3.63, 3.8) is 0 Å². The molecule has 0 amide bonds. The van der Waals surface area contributed by atoms with E-state index in [1.54, 1.807) is 11.3 Å². The van der Waals surface area contributed by atoms with Crippen LogP contribution in [0.15, 0.2) is 33.6 Å². The van der Waals surface area contributed by atoms with Crippen molar-refractivity contribution in [1.29, 1.82) is 0 Å². The van der Waals surface area contributed by atoms with Crippen molar-refractivity contribution in [1.82, 2.24) is 4.98 Å². The molecule has 2 aromatic rings.